The fraction of sp³-hybridized carbons (Fsp3) is 0.200. The van der Waals surface area contributed by atoms with Gasteiger partial charge in [-0.3, -0.25) is 0 Å². The molecule has 0 aromatic heterocycles. The fourth-order valence-electron chi connectivity index (χ4n) is 1.65. The van der Waals surface area contributed by atoms with Crippen molar-refractivity contribution in [3.63, 3.8) is 0 Å². The summed E-state index contributed by atoms with van der Waals surface area (Å²) in [6.45, 7) is 4.02. The van der Waals surface area contributed by atoms with Gasteiger partial charge in [-0.2, -0.15) is 0 Å². The summed E-state index contributed by atoms with van der Waals surface area (Å²) in [7, 11) is 0. The smallest absolute Gasteiger partial charge is 0.119 e. The molecule has 0 fully saturated rings. The van der Waals surface area contributed by atoms with Crippen molar-refractivity contribution >= 4 is 0 Å². The van der Waals surface area contributed by atoms with E-state index in [0.29, 0.717) is 0 Å². The highest BCUT2D eigenvalue weighted by Crippen LogP contribution is 2.24. The summed E-state index contributed by atoms with van der Waals surface area (Å²) >= 11 is 0. The highest BCUT2D eigenvalue weighted by atomic mass is 16.5. The van der Waals surface area contributed by atoms with Gasteiger partial charge in [0.05, 0.1) is 6.10 Å². The van der Waals surface area contributed by atoms with Crippen molar-refractivity contribution in [3.8, 4) is 22.6 Å². The Morgan fingerprint density at radius 3 is 1.76 bits per heavy atom. The van der Waals surface area contributed by atoms with Gasteiger partial charge < -0.3 is 9.84 Å². The zero-order valence-corrected chi connectivity index (χ0v) is 10.1. The van der Waals surface area contributed by atoms with E-state index in [-0.39, 0.29) is 11.9 Å². The van der Waals surface area contributed by atoms with Crippen LogP contribution in [0.4, 0.5) is 0 Å². The molecule has 0 spiro atoms. The molecule has 0 heterocycles. The Balaban J connectivity index is 2.20. The number of rotatable bonds is 3. The van der Waals surface area contributed by atoms with Gasteiger partial charge in [-0.25, -0.2) is 0 Å². The normalized spacial score (nSPS) is 10.5. The van der Waals surface area contributed by atoms with E-state index in [9.17, 15) is 5.11 Å². The average molecular weight is 228 g/mol. The maximum absolute atomic E-state index is 9.23. The number of phenolic OH excluding ortho intramolecular Hbond substituents is 1. The Morgan fingerprint density at radius 2 is 1.29 bits per heavy atom. The third-order valence-corrected chi connectivity index (χ3v) is 2.43. The molecule has 0 saturated heterocycles. The second-order valence-electron chi connectivity index (χ2n) is 4.24. The monoisotopic (exact) mass is 228 g/mol. The van der Waals surface area contributed by atoms with Crippen LogP contribution in [-0.2, 0) is 0 Å². The minimum atomic E-state index is 0.189. The summed E-state index contributed by atoms with van der Waals surface area (Å²) < 4.78 is 5.58. The predicted molar refractivity (Wildman–Crippen MR) is 69.3 cm³/mol. The van der Waals surface area contributed by atoms with Gasteiger partial charge in [-0.15, -0.1) is 0 Å². The third-order valence-electron chi connectivity index (χ3n) is 2.43. The molecule has 1 N–H and O–H groups in total. The van der Waals surface area contributed by atoms with Crippen molar-refractivity contribution in [2.75, 3.05) is 0 Å². The minimum Gasteiger partial charge on any atom is -0.508 e. The Kier molecular flexibility index (Phi) is 3.33. The van der Waals surface area contributed by atoms with E-state index in [2.05, 4.69) is 0 Å². The molecule has 0 radical (unpaired) electrons. The first-order valence-electron chi connectivity index (χ1n) is 5.71. The molecule has 2 aromatic carbocycles. The number of ether oxygens (including phenoxy) is 1. The first-order valence-corrected chi connectivity index (χ1v) is 5.71. The molecule has 0 aliphatic carbocycles. The van der Waals surface area contributed by atoms with Gasteiger partial charge in [0.2, 0.25) is 0 Å². The summed E-state index contributed by atoms with van der Waals surface area (Å²) in [5.41, 5.74) is 2.19. The van der Waals surface area contributed by atoms with Crippen LogP contribution < -0.4 is 4.74 Å². The molecule has 88 valence electrons. The Bertz CT molecular complexity index is 469. The van der Waals surface area contributed by atoms with Crippen LogP contribution >= 0.6 is 0 Å². The molecule has 17 heavy (non-hydrogen) atoms. The Hall–Kier alpha value is -1.96. The topological polar surface area (TPSA) is 29.5 Å². The number of hydrogen-bond donors (Lipinski definition) is 1. The Labute approximate surface area is 101 Å². The van der Waals surface area contributed by atoms with E-state index in [1.165, 1.54) is 0 Å². The summed E-state index contributed by atoms with van der Waals surface area (Å²) in [6.07, 6.45) is 0.189. The fourth-order valence-corrected chi connectivity index (χ4v) is 1.65. The van der Waals surface area contributed by atoms with Gasteiger partial charge >= 0.3 is 0 Å². The predicted octanol–water partition coefficient (Wildman–Crippen LogP) is 3.85. The molecule has 2 nitrogen and oxygen atoms in total. The van der Waals surface area contributed by atoms with Gasteiger partial charge in [0, 0.05) is 0 Å². The molecule has 0 atom stereocenters. The van der Waals surface area contributed by atoms with E-state index in [4.69, 9.17) is 4.74 Å². The quantitative estimate of drug-likeness (QED) is 0.864. The van der Waals surface area contributed by atoms with Gasteiger partial charge in [0.15, 0.2) is 0 Å². The summed E-state index contributed by atoms with van der Waals surface area (Å²) in [4.78, 5) is 0. The van der Waals surface area contributed by atoms with Crippen LogP contribution in [0.1, 0.15) is 13.8 Å². The lowest BCUT2D eigenvalue weighted by atomic mass is 10.1. The van der Waals surface area contributed by atoms with Crippen molar-refractivity contribution in [2.24, 2.45) is 0 Å². The van der Waals surface area contributed by atoms with E-state index in [1.807, 2.05) is 50.2 Å². The van der Waals surface area contributed by atoms with Crippen molar-refractivity contribution < 1.29 is 9.84 Å². The van der Waals surface area contributed by atoms with E-state index in [1.54, 1.807) is 12.1 Å². The molecular weight excluding hydrogens is 212 g/mol. The SMILES string of the molecule is CC(C)Oc1ccc(-c2ccc(O)cc2)cc1. The number of phenols is 1. The zero-order chi connectivity index (χ0) is 12.3. The summed E-state index contributed by atoms with van der Waals surface area (Å²) in [6, 6.07) is 15.1. The zero-order valence-electron chi connectivity index (χ0n) is 10.1. The lowest BCUT2D eigenvalue weighted by Crippen LogP contribution is -2.05. The highest BCUT2D eigenvalue weighted by Gasteiger charge is 2.00. The number of hydrogen-bond acceptors (Lipinski definition) is 2. The summed E-state index contributed by atoms with van der Waals surface area (Å²) in [5, 5.41) is 9.23. The van der Waals surface area contributed by atoms with Gasteiger partial charge in [-0.1, -0.05) is 24.3 Å². The largest absolute Gasteiger partial charge is 0.508 e. The lowest BCUT2D eigenvalue weighted by Gasteiger charge is -2.10. The molecule has 0 amide bonds. The molecule has 0 aliphatic rings. The van der Waals surface area contributed by atoms with Crippen molar-refractivity contribution in [1.29, 1.82) is 0 Å². The van der Waals surface area contributed by atoms with E-state index >= 15 is 0 Å². The molecular formula is C15H16O2. The van der Waals surface area contributed by atoms with Crippen LogP contribution in [-0.4, -0.2) is 11.2 Å². The first-order chi connectivity index (χ1) is 8.15. The van der Waals surface area contributed by atoms with E-state index in [0.717, 1.165) is 16.9 Å². The number of benzene rings is 2. The molecule has 0 bridgehead atoms. The maximum Gasteiger partial charge on any atom is 0.119 e. The average Bonchev–Trinajstić information content (AvgIpc) is 2.30. The molecule has 0 unspecified atom stereocenters. The third kappa shape index (κ3) is 3.00. The van der Waals surface area contributed by atoms with Gasteiger partial charge in [0.25, 0.3) is 0 Å². The summed E-state index contributed by atoms with van der Waals surface area (Å²) in [5.74, 6) is 1.16. The number of aromatic hydroxyl groups is 1. The van der Waals surface area contributed by atoms with Crippen LogP contribution in [0.15, 0.2) is 48.5 Å². The highest BCUT2D eigenvalue weighted by molar-refractivity contribution is 5.64. The molecule has 2 heteroatoms. The van der Waals surface area contributed by atoms with Crippen molar-refractivity contribution in [1.82, 2.24) is 0 Å². The minimum absolute atomic E-state index is 0.189. The molecule has 2 aromatic rings. The van der Waals surface area contributed by atoms with Crippen LogP contribution in [0.5, 0.6) is 11.5 Å². The van der Waals surface area contributed by atoms with Crippen molar-refractivity contribution in [3.05, 3.63) is 48.5 Å². The lowest BCUT2D eigenvalue weighted by molar-refractivity contribution is 0.242. The molecule has 0 saturated carbocycles. The van der Waals surface area contributed by atoms with Crippen molar-refractivity contribution in [2.45, 2.75) is 20.0 Å². The Morgan fingerprint density at radius 1 is 0.824 bits per heavy atom. The second-order valence-corrected chi connectivity index (χ2v) is 4.24. The standard InChI is InChI=1S/C15H16O2/c1-11(2)17-15-9-5-13(6-10-15)12-3-7-14(16)8-4-12/h3-11,16H,1-2H3. The van der Waals surface area contributed by atoms with Crippen LogP contribution in [0.3, 0.4) is 0 Å². The van der Waals surface area contributed by atoms with Crippen LogP contribution in [0.2, 0.25) is 0 Å². The first kappa shape index (κ1) is 11.5. The van der Waals surface area contributed by atoms with Crippen LogP contribution in [0, 0.1) is 0 Å². The van der Waals surface area contributed by atoms with Gasteiger partial charge in [-0.05, 0) is 49.2 Å². The van der Waals surface area contributed by atoms with Gasteiger partial charge in [0.1, 0.15) is 11.5 Å². The molecule has 0 aliphatic heterocycles. The second kappa shape index (κ2) is 4.91. The van der Waals surface area contributed by atoms with E-state index < -0.39 is 0 Å². The van der Waals surface area contributed by atoms with Crippen LogP contribution in [0.25, 0.3) is 11.1 Å². The maximum atomic E-state index is 9.23. The molecule has 2 rings (SSSR count).